The number of hydrogen-bond donors (Lipinski definition) is 1. The fourth-order valence-corrected chi connectivity index (χ4v) is 2.84. The number of carbonyl (C=O) groups excluding carboxylic acids is 1. The molecule has 5 nitrogen and oxygen atoms in total. The number of amides is 1. The number of rotatable bonds is 6. The van der Waals surface area contributed by atoms with Crippen molar-refractivity contribution in [2.45, 2.75) is 65.3 Å². The van der Waals surface area contributed by atoms with Crippen LogP contribution in [0, 0.1) is 5.92 Å². The number of hydrogen-bond acceptors (Lipinski definition) is 4. The maximum atomic E-state index is 12.6. The zero-order valence-corrected chi connectivity index (χ0v) is 18.0. The fourth-order valence-electron chi connectivity index (χ4n) is 2.58. The van der Waals surface area contributed by atoms with Crippen molar-refractivity contribution < 1.29 is 9.32 Å². The molecule has 1 amide bonds. The van der Waals surface area contributed by atoms with Crippen LogP contribution < -0.4 is 5.32 Å². The average Bonchev–Trinajstić information content (AvgIpc) is 3.02. The number of benzene rings is 1. The van der Waals surface area contributed by atoms with Gasteiger partial charge in [0, 0.05) is 22.7 Å². The van der Waals surface area contributed by atoms with Gasteiger partial charge in [-0.3, -0.25) is 4.79 Å². The number of aromatic nitrogens is 2. The van der Waals surface area contributed by atoms with Crippen LogP contribution in [0.2, 0.25) is 0 Å². The third-order valence-electron chi connectivity index (χ3n) is 4.70. The summed E-state index contributed by atoms with van der Waals surface area (Å²) in [5.41, 5.74) is 0.474. The molecule has 1 heterocycles. The van der Waals surface area contributed by atoms with Gasteiger partial charge in [-0.25, -0.2) is 0 Å². The van der Waals surface area contributed by atoms with Crippen molar-refractivity contribution in [1.82, 2.24) is 15.5 Å². The number of aryl methyl sites for hydroxylation is 1. The van der Waals surface area contributed by atoms with Gasteiger partial charge in [-0.2, -0.15) is 4.98 Å². The number of nitrogens with zero attached hydrogens (tertiary/aromatic N) is 2. The minimum Gasteiger partial charge on any atom is -0.347 e. The minimum absolute atomic E-state index is 0.0281. The van der Waals surface area contributed by atoms with E-state index in [0.717, 1.165) is 10.0 Å². The van der Waals surface area contributed by atoms with E-state index in [4.69, 9.17) is 4.52 Å². The molecule has 0 saturated heterocycles. The summed E-state index contributed by atoms with van der Waals surface area (Å²) >= 11 is 3.46. The lowest BCUT2D eigenvalue weighted by Crippen LogP contribution is -2.47. The van der Waals surface area contributed by atoms with E-state index in [1.807, 2.05) is 45.0 Å². The Bertz CT molecular complexity index is 747. The Balaban J connectivity index is 2.04. The first-order valence-electron chi connectivity index (χ1n) is 8.92. The number of halogens is 1. The van der Waals surface area contributed by atoms with Gasteiger partial charge < -0.3 is 9.84 Å². The van der Waals surface area contributed by atoms with E-state index in [-0.39, 0.29) is 17.2 Å². The number of carbonyl (C=O) groups is 1. The molecule has 0 aliphatic carbocycles. The topological polar surface area (TPSA) is 68.0 Å². The molecule has 0 aliphatic rings. The first-order chi connectivity index (χ1) is 12.0. The highest BCUT2D eigenvalue weighted by atomic mass is 79.9. The molecule has 142 valence electrons. The van der Waals surface area contributed by atoms with Gasteiger partial charge in [-0.05, 0) is 30.5 Å². The Morgan fingerprint density at radius 2 is 1.81 bits per heavy atom. The third kappa shape index (κ3) is 4.93. The van der Waals surface area contributed by atoms with E-state index in [1.165, 1.54) is 0 Å². The second-order valence-corrected chi connectivity index (χ2v) is 9.09. The summed E-state index contributed by atoms with van der Waals surface area (Å²) in [6.45, 7) is 12.4. The van der Waals surface area contributed by atoms with Crippen LogP contribution in [0.3, 0.4) is 0 Å². The van der Waals surface area contributed by atoms with Gasteiger partial charge in [0.1, 0.15) is 0 Å². The van der Waals surface area contributed by atoms with Crippen LogP contribution in [0.15, 0.2) is 33.3 Å². The van der Waals surface area contributed by atoms with E-state index in [9.17, 15) is 4.79 Å². The van der Waals surface area contributed by atoms with Gasteiger partial charge in [0.15, 0.2) is 5.82 Å². The van der Waals surface area contributed by atoms with Gasteiger partial charge in [0.05, 0.1) is 5.54 Å². The lowest BCUT2D eigenvalue weighted by Gasteiger charge is -2.35. The Kier molecular flexibility index (Phi) is 6.27. The maximum Gasteiger partial charge on any atom is 0.227 e. The first-order valence-corrected chi connectivity index (χ1v) is 9.72. The maximum absolute atomic E-state index is 12.6. The Labute approximate surface area is 164 Å². The van der Waals surface area contributed by atoms with Gasteiger partial charge in [0.2, 0.25) is 11.8 Å². The molecule has 6 heteroatoms. The monoisotopic (exact) mass is 421 g/mol. The van der Waals surface area contributed by atoms with Crippen LogP contribution >= 0.6 is 15.9 Å². The smallest absolute Gasteiger partial charge is 0.227 e. The highest BCUT2D eigenvalue weighted by molar-refractivity contribution is 9.10. The molecule has 26 heavy (non-hydrogen) atoms. The van der Waals surface area contributed by atoms with E-state index >= 15 is 0 Å². The summed E-state index contributed by atoms with van der Waals surface area (Å²) in [6.07, 6.45) is 0.744. The largest absolute Gasteiger partial charge is 0.347 e. The summed E-state index contributed by atoms with van der Waals surface area (Å²) in [5.74, 6) is 1.37. The Morgan fingerprint density at radius 1 is 1.19 bits per heavy atom. The van der Waals surface area contributed by atoms with Crippen molar-refractivity contribution in [3.05, 3.63) is 46.0 Å². The van der Waals surface area contributed by atoms with E-state index < -0.39 is 5.54 Å². The molecule has 1 N–H and O–H groups in total. The zero-order valence-electron chi connectivity index (χ0n) is 16.4. The standard InChI is InChI=1S/C20H28BrN3O2/c1-13(2)20(6,14-7-9-15(21)10-8-14)23-16(25)11-12-17-22-18(24-26-17)19(3,4)5/h7-10,13H,11-12H2,1-6H3,(H,23,25)/t20-/m1/s1. The van der Waals surface area contributed by atoms with Crippen molar-refractivity contribution in [2.24, 2.45) is 5.92 Å². The summed E-state index contributed by atoms with van der Waals surface area (Å²) in [6, 6.07) is 8.07. The first kappa shape index (κ1) is 20.6. The SMILES string of the molecule is CC(C)[C@@](C)(NC(=O)CCc1nc(C(C)(C)C)no1)c1ccc(Br)cc1. The molecular formula is C20H28BrN3O2. The van der Waals surface area contributed by atoms with E-state index in [2.05, 4.69) is 52.2 Å². The van der Waals surface area contributed by atoms with E-state index in [0.29, 0.717) is 24.6 Å². The molecule has 0 bridgehead atoms. The van der Waals surface area contributed by atoms with Gasteiger partial charge >= 0.3 is 0 Å². The Morgan fingerprint density at radius 3 is 2.31 bits per heavy atom. The third-order valence-corrected chi connectivity index (χ3v) is 5.23. The molecule has 2 aromatic rings. The molecule has 1 aromatic heterocycles. The molecule has 1 atom stereocenters. The van der Waals surface area contributed by atoms with Crippen LogP contribution in [0.4, 0.5) is 0 Å². The van der Waals surface area contributed by atoms with Crippen molar-refractivity contribution >= 4 is 21.8 Å². The van der Waals surface area contributed by atoms with Crippen LogP contribution in [0.5, 0.6) is 0 Å². The van der Waals surface area contributed by atoms with Crippen molar-refractivity contribution in [3.63, 3.8) is 0 Å². The van der Waals surface area contributed by atoms with Crippen LogP contribution in [-0.4, -0.2) is 16.0 Å². The van der Waals surface area contributed by atoms with Gasteiger partial charge in [-0.15, -0.1) is 0 Å². The molecule has 0 unspecified atom stereocenters. The van der Waals surface area contributed by atoms with Gasteiger partial charge in [-0.1, -0.05) is 67.8 Å². The Hall–Kier alpha value is -1.69. The predicted molar refractivity (Wildman–Crippen MR) is 106 cm³/mol. The molecule has 0 fully saturated rings. The highest BCUT2D eigenvalue weighted by Gasteiger charge is 2.32. The summed E-state index contributed by atoms with van der Waals surface area (Å²) in [4.78, 5) is 17.0. The summed E-state index contributed by atoms with van der Waals surface area (Å²) < 4.78 is 6.29. The lowest BCUT2D eigenvalue weighted by atomic mass is 9.81. The molecule has 0 spiro atoms. The second kappa shape index (κ2) is 7.91. The highest BCUT2D eigenvalue weighted by Crippen LogP contribution is 2.30. The zero-order chi connectivity index (χ0) is 19.5. The molecular weight excluding hydrogens is 394 g/mol. The molecule has 2 rings (SSSR count). The number of nitrogens with one attached hydrogen (secondary N) is 1. The summed E-state index contributed by atoms with van der Waals surface area (Å²) in [5, 5.41) is 7.19. The molecule has 0 saturated carbocycles. The summed E-state index contributed by atoms with van der Waals surface area (Å²) in [7, 11) is 0. The molecule has 0 aliphatic heterocycles. The second-order valence-electron chi connectivity index (χ2n) is 8.17. The van der Waals surface area contributed by atoms with Gasteiger partial charge in [0.25, 0.3) is 0 Å². The van der Waals surface area contributed by atoms with Crippen LogP contribution in [0.25, 0.3) is 0 Å². The lowest BCUT2D eigenvalue weighted by molar-refractivity contribution is -0.123. The quantitative estimate of drug-likeness (QED) is 0.730. The fraction of sp³-hybridized carbons (Fsp3) is 0.550. The molecule has 1 aromatic carbocycles. The predicted octanol–water partition coefficient (Wildman–Crippen LogP) is 4.75. The average molecular weight is 422 g/mol. The van der Waals surface area contributed by atoms with Crippen molar-refractivity contribution in [2.75, 3.05) is 0 Å². The van der Waals surface area contributed by atoms with Crippen molar-refractivity contribution in [3.8, 4) is 0 Å². The van der Waals surface area contributed by atoms with E-state index in [1.54, 1.807) is 0 Å². The normalized spacial score (nSPS) is 14.3. The minimum atomic E-state index is -0.441. The van der Waals surface area contributed by atoms with Crippen LogP contribution in [0.1, 0.15) is 65.2 Å². The van der Waals surface area contributed by atoms with Crippen molar-refractivity contribution in [1.29, 1.82) is 0 Å². The van der Waals surface area contributed by atoms with Crippen LogP contribution in [-0.2, 0) is 22.2 Å². The molecule has 0 radical (unpaired) electrons.